The summed E-state index contributed by atoms with van der Waals surface area (Å²) in [5, 5.41) is 0. The number of hydrogen-bond acceptors (Lipinski definition) is 12. The van der Waals surface area contributed by atoms with E-state index in [-0.39, 0.29) is 0 Å². The molecule has 208 valence electrons. The van der Waals surface area contributed by atoms with E-state index in [1.54, 1.807) is 0 Å². The van der Waals surface area contributed by atoms with E-state index in [0.717, 1.165) is 0 Å². The molecule has 6 fully saturated rings. The summed E-state index contributed by atoms with van der Waals surface area (Å²) in [6.07, 6.45) is 0. The summed E-state index contributed by atoms with van der Waals surface area (Å²) in [6.45, 7) is 15.9. The maximum atomic E-state index is 7.01. The highest BCUT2D eigenvalue weighted by Gasteiger charge is 2.81. The largest absolute Gasteiger partial charge is 0.478 e. The van der Waals surface area contributed by atoms with Gasteiger partial charge in [-0.2, -0.15) is 0 Å². The Morgan fingerprint density at radius 3 is 0.361 bits per heavy atom. The fraction of sp³-hybridized carbons (Fsp3) is 1.00. The molecule has 36 heavy (non-hydrogen) atoms. The third-order valence-corrected chi connectivity index (χ3v) is 44.0. The van der Waals surface area contributed by atoms with E-state index < -0.39 is 70.4 Å². The maximum Gasteiger partial charge on any atom is 0.478 e. The lowest BCUT2D eigenvalue weighted by Crippen LogP contribution is -2.88. The van der Waals surface area contributed by atoms with Crippen LogP contribution in [0.25, 0.3) is 0 Å². The van der Waals surface area contributed by atoms with Crippen molar-refractivity contribution < 1.29 is 49.4 Å². The highest BCUT2D eigenvalue weighted by molar-refractivity contribution is 7.03. The van der Waals surface area contributed by atoms with Gasteiger partial charge in [-0.05, 0) is 0 Å². The lowest BCUT2D eigenvalue weighted by Gasteiger charge is -2.62. The first-order valence-electron chi connectivity index (χ1n) is 13.4. The average Bonchev–Trinajstić information content (AvgIpc) is 2.82. The van der Waals surface area contributed by atoms with Crippen LogP contribution in [0.1, 0.15) is 55.4 Å². The molecule has 0 aromatic rings. The van der Waals surface area contributed by atoms with Crippen LogP contribution in [-0.2, 0) is 49.4 Å². The maximum absolute atomic E-state index is 7.01. The quantitative estimate of drug-likeness (QED) is 0.356. The van der Waals surface area contributed by atoms with Crippen molar-refractivity contribution in [2.75, 3.05) is 0 Å². The van der Waals surface area contributed by atoms with Crippen LogP contribution in [0.4, 0.5) is 0 Å². The van der Waals surface area contributed by atoms with Crippen LogP contribution in [0.2, 0.25) is 48.4 Å². The molecular formula is C16H40O12Si8. The third-order valence-electron chi connectivity index (χ3n) is 7.20. The van der Waals surface area contributed by atoms with Crippen LogP contribution in [-0.4, -0.2) is 70.4 Å². The molecule has 0 unspecified atom stereocenters. The molecule has 20 heteroatoms. The van der Waals surface area contributed by atoms with Crippen molar-refractivity contribution in [3.63, 3.8) is 0 Å². The lowest BCUT2D eigenvalue weighted by atomic mass is 11.0. The van der Waals surface area contributed by atoms with Crippen molar-refractivity contribution in [3.05, 3.63) is 0 Å². The first-order chi connectivity index (χ1) is 17.0. The van der Waals surface area contributed by atoms with Gasteiger partial charge in [0.2, 0.25) is 0 Å². The van der Waals surface area contributed by atoms with E-state index in [1.807, 2.05) is 55.4 Å². The van der Waals surface area contributed by atoms with Crippen molar-refractivity contribution in [3.8, 4) is 0 Å². The Balaban J connectivity index is 1.86. The van der Waals surface area contributed by atoms with Crippen LogP contribution in [0, 0.1) is 0 Å². The zero-order chi connectivity index (χ0) is 26.1. The van der Waals surface area contributed by atoms with Crippen molar-refractivity contribution in [2.45, 2.75) is 104 Å². The molecule has 0 spiro atoms. The molecule has 6 heterocycles. The Kier molecular flexibility index (Phi) is 7.51. The lowest BCUT2D eigenvalue weighted by molar-refractivity contribution is -0.0285. The highest BCUT2D eigenvalue weighted by atomic mass is 28.6. The molecule has 12 nitrogen and oxygen atoms in total. The van der Waals surface area contributed by atoms with E-state index in [9.17, 15) is 0 Å². The van der Waals surface area contributed by atoms with Crippen molar-refractivity contribution >= 4 is 70.4 Å². The summed E-state index contributed by atoms with van der Waals surface area (Å²) in [5.41, 5.74) is 0. The van der Waals surface area contributed by atoms with E-state index in [0.29, 0.717) is 48.4 Å². The molecule has 0 aliphatic carbocycles. The zero-order valence-electron chi connectivity index (χ0n) is 22.6. The van der Waals surface area contributed by atoms with E-state index in [2.05, 4.69) is 0 Å². The van der Waals surface area contributed by atoms with Gasteiger partial charge in [-0.15, -0.1) is 0 Å². The second-order valence-electron chi connectivity index (χ2n) is 9.52. The summed E-state index contributed by atoms with van der Waals surface area (Å²) >= 11 is 0. The molecule has 0 aromatic heterocycles. The van der Waals surface area contributed by atoms with Gasteiger partial charge in [-0.1, -0.05) is 55.4 Å². The highest BCUT2D eigenvalue weighted by Crippen LogP contribution is 2.52. The molecule has 6 aliphatic rings. The van der Waals surface area contributed by atoms with Crippen LogP contribution >= 0.6 is 0 Å². The normalized spacial score (nSPS) is 54.0. The molecule has 6 aliphatic heterocycles. The summed E-state index contributed by atoms with van der Waals surface area (Å²) in [7, 11) is -28.2. The van der Waals surface area contributed by atoms with Gasteiger partial charge in [0.15, 0.2) is 0 Å². The Hall–Kier alpha value is 1.26. The van der Waals surface area contributed by atoms with Crippen molar-refractivity contribution in [1.29, 1.82) is 0 Å². The second kappa shape index (κ2) is 9.40. The van der Waals surface area contributed by atoms with E-state index in [1.165, 1.54) is 0 Å². The molecule has 0 atom stereocenters. The second-order valence-corrected chi connectivity index (χ2v) is 35.9. The van der Waals surface area contributed by atoms with Gasteiger partial charge in [0.25, 0.3) is 0 Å². The monoisotopic (exact) mass is 648 g/mol. The predicted molar refractivity (Wildman–Crippen MR) is 143 cm³/mol. The van der Waals surface area contributed by atoms with Crippen LogP contribution in [0.15, 0.2) is 0 Å². The molecule has 0 aromatic carbocycles. The summed E-state index contributed by atoms with van der Waals surface area (Å²) in [5.74, 6) is 0. The van der Waals surface area contributed by atoms with Crippen LogP contribution < -0.4 is 0 Å². The van der Waals surface area contributed by atoms with Crippen LogP contribution in [0.3, 0.4) is 0 Å². The molecule has 6 saturated heterocycles. The first kappa shape index (κ1) is 28.8. The Morgan fingerprint density at radius 1 is 0.222 bits per heavy atom. The summed E-state index contributed by atoms with van der Waals surface area (Å²) in [6, 6.07) is 3.74. The molecular weight excluding hydrogens is 609 g/mol. The Bertz CT molecular complexity index is 596. The van der Waals surface area contributed by atoms with Gasteiger partial charge < -0.3 is 49.4 Å². The third kappa shape index (κ3) is 4.37. The zero-order valence-corrected chi connectivity index (χ0v) is 30.6. The van der Waals surface area contributed by atoms with Crippen LogP contribution in [0.5, 0.6) is 0 Å². The van der Waals surface area contributed by atoms with Crippen molar-refractivity contribution in [2.24, 2.45) is 0 Å². The summed E-state index contributed by atoms with van der Waals surface area (Å²) in [4.78, 5) is 0. The van der Waals surface area contributed by atoms with Gasteiger partial charge in [-0.25, -0.2) is 0 Å². The minimum Gasteiger partial charge on any atom is -0.373 e. The SMILES string of the molecule is CC[Si]12O[Si]3(CC)O[Si]4(CC)O[Si](CC)(O1)O[Si]1(CC)O[Si](CC)(O2)O[Si](CC)(O3)O[Si](CC)(O4)O1. The smallest absolute Gasteiger partial charge is 0.373 e. The molecule has 8 bridgehead atoms. The predicted octanol–water partition coefficient (Wildman–Crippen LogP) is 3.92. The Labute approximate surface area is 223 Å². The fourth-order valence-electron chi connectivity index (χ4n) is 5.08. The van der Waals surface area contributed by atoms with Crippen molar-refractivity contribution in [1.82, 2.24) is 0 Å². The van der Waals surface area contributed by atoms with Gasteiger partial charge in [0.05, 0.1) is 0 Å². The van der Waals surface area contributed by atoms with Gasteiger partial charge >= 0.3 is 70.4 Å². The number of hydrogen-bond donors (Lipinski definition) is 0. The van der Waals surface area contributed by atoms with Gasteiger partial charge in [0.1, 0.15) is 0 Å². The number of rotatable bonds is 8. The molecule has 0 saturated carbocycles. The molecule has 6 rings (SSSR count). The molecule has 0 N–H and O–H groups in total. The minimum atomic E-state index is -3.53. The van der Waals surface area contributed by atoms with Gasteiger partial charge in [0, 0.05) is 48.4 Å². The van der Waals surface area contributed by atoms with E-state index >= 15 is 0 Å². The average molecular weight is 649 g/mol. The van der Waals surface area contributed by atoms with E-state index in [4.69, 9.17) is 49.4 Å². The molecule has 0 radical (unpaired) electrons. The fourth-order valence-corrected chi connectivity index (χ4v) is 54.7. The topological polar surface area (TPSA) is 111 Å². The minimum absolute atomic E-state index is 0.468. The molecule has 0 amide bonds. The Morgan fingerprint density at radius 2 is 0.306 bits per heavy atom. The van der Waals surface area contributed by atoms with Gasteiger partial charge in [-0.3, -0.25) is 0 Å². The first-order valence-corrected chi connectivity index (χ1v) is 28.8. The summed E-state index contributed by atoms with van der Waals surface area (Å²) < 4.78 is 84.1. The standard InChI is InChI=1S/C16H40O12Si8/c1-9-29-17-30(10-2)20-33(13-5)22-31(11-3,18-29)24-35(15-7)25-32(12-4,19-29)23-34(14-6,21-30)27-36(16-8,26-33)28-35/h9-16H2,1-8H3.